The predicted molar refractivity (Wildman–Crippen MR) is 61.5 cm³/mol. The van der Waals surface area contributed by atoms with Crippen LogP contribution in [0.15, 0.2) is 10.6 Å². The van der Waals surface area contributed by atoms with Crippen LogP contribution in [0.3, 0.4) is 0 Å². The van der Waals surface area contributed by atoms with Gasteiger partial charge >= 0.3 is 0 Å². The van der Waals surface area contributed by atoms with E-state index in [2.05, 4.69) is 10.3 Å². The van der Waals surface area contributed by atoms with Crippen molar-refractivity contribution in [3.63, 3.8) is 0 Å². The van der Waals surface area contributed by atoms with E-state index in [1.807, 2.05) is 13.2 Å². The van der Waals surface area contributed by atoms with Gasteiger partial charge in [0.05, 0.1) is 12.8 Å². The largest absolute Gasteiger partial charge is 0.445 e. The van der Waals surface area contributed by atoms with Crippen LogP contribution in [-0.4, -0.2) is 31.8 Å². The number of rotatable bonds is 5. The van der Waals surface area contributed by atoms with Gasteiger partial charge in [0.15, 0.2) is 5.89 Å². The molecule has 0 amide bonds. The van der Waals surface area contributed by atoms with E-state index < -0.39 is 0 Å². The summed E-state index contributed by atoms with van der Waals surface area (Å²) in [6.07, 6.45) is 6.13. The lowest BCUT2D eigenvalue weighted by Gasteiger charge is -2.19. The standard InChI is InChI=1S/C12H20N2O2/c1-13-6-2-5-12-14-8-11(16-12)10-4-3-7-15-9-10/h8,10,13H,2-7,9H2,1H3. The summed E-state index contributed by atoms with van der Waals surface area (Å²) in [5.41, 5.74) is 0. The molecule has 1 unspecified atom stereocenters. The molecule has 1 aromatic heterocycles. The van der Waals surface area contributed by atoms with Gasteiger partial charge in [-0.25, -0.2) is 4.98 Å². The lowest BCUT2D eigenvalue weighted by atomic mass is 10.0. The first-order valence-corrected chi connectivity index (χ1v) is 6.07. The Kier molecular flexibility index (Phi) is 4.36. The number of nitrogens with zero attached hydrogens (tertiary/aromatic N) is 1. The molecule has 0 bridgehead atoms. The monoisotopic (exact) mass is 224 g/mol. The third-order valence-corrected chi connectivity index (χ3v) is 2.95. The molecule has 0 radical (unpaired) electrons. The van der Waals surface area contributed by atoms with Gasteiger partial charge in [-0.1, -0.05) is 0 Å². The molecule has 4 nitrogen and oxygen atoms in total. The molecule has 1 aliphatic rings. The second kappa shape index (κ2) is 6.01. The molecule has 90 valence electrons. The van der Waals surface area contributed by atoms with Crippen LogP contribution >= 0.6 is 0 Å². The Morgan fingerprint density at radius 3 is 3.25 bits per heavy atom. The van der Waals surface area contributed by atoms with Gasteiger partial charge < -0.3 is 14.5 Å². The van der Waals surface area contributed by atoms with Crippen molar-refractivity contribution in [3.05, 3.63) is 17.8 Å². The molecular weight excluding hydrogens is 204 g/mol. The molecule has 1 saturated heterocycles. The lowest BCUT2D eigenvalue weighted by Crippen LogP contribution is -2.14. The van der Waals surface area contributed by atoms with E-state index in [1.54, 1.807) is 0 Å². The van der Waals surface area contributed by atoms with Crippen LogP contribution in [0.5, 0.6) is 0 Å². The molecule has 2 rings (SSSR count). The van der Waals surface area contributed by atoms with Gasteiger partial charge in [0.1, 0.15) is 5.76 Å². The number of hydrogen-bond acceptors (Lipinski definition) is 4. The zero-order valence-corrected chi connectivity index (χ0v) is 9.87. The number of oxazole rings is 1. The van der Waals surface area contributed by atoms with E-state index in [4.69, 9.17) is 9.15 Å². The Labute approximate surface area is 96.4 Å². The molecule has 1 aliphatic heterocycles. The van der Waals surface area contributed by atoms with Crippen LogP contribution in [0, 0.1) is 0 Å². The fraction of sp³-hybridized carbons (Fsp3) is 0.750. The number of ether oxygens (including phenoxy) is 1. The van der Waals surface area contributed by atoms with Crippen molar-refractivity contribution in [1.29, 1.82) is 0 Å². The van der Waals surface area contributed by atoms with Crippen LogP contribution < -0.4 is 5.32 Å². The van der Waals surface area contributed by atoms with E-state index >= 15 is 0 Å². The Morgan fingerprint density at radius 2 is 2.50 bits per heavy atom. The van der Waals surface area contributed by atoms with Gasteiger partial charge in [0, 0.05) is 18.9 Å². The summed E-state index contributed by atoms with van der Waals surface area (Å²) in [6, 6.07) is 0. The first-order chi connectivity index (χ1) is 7.90. The highest BCUT2D eigenvalue weighted by Crippen LogP contribution is 2.25. The van der Waals surface area contributed by atoms with Crippen LogP contribution in [0.25, 0.3) is 0 Å². The van der Waals surface area contributed by atoms with Crippen LogP contribution in [0.2, 0.25) is 0 Å². The third-order valence-electron chi connectivity index (χ3n) is 2.95. The van der Waals surface area contributed by atoms with Crippen molar-refractivity contribution in [2.75, 3.05) is 26.8 Å². The second-order valence-corrected chi connectivity index (χ2v) is 4.28. The molecule has 2 heterocycles. The minimum atomic E-state index is 0.416. The average molecular weight is 224 g/mol. The molecule has 16 heavy (non-hydrogen) atoms. The summed E-state index contributed by atoms with van der Waals surface area (Å²) < 4.78 is 11.2. The minimum Gasteiger partial charge on any atom is -0.445 e. The average Bonchev–Trinajstić information content (AvgIpc) is 2.79. The molecule has 0 aromatic carbocycles. The summed E-state index contributed by atoms with van der Waals surface area (Å²) in [5.74, 6) is 2.27. The molecule has 1 fully saturated rings. The molecule has 0 spiro atoms. The number of aryl methyl sites for hydroxylation is 1. The Morgan fingerprint density at radius 1 is 1.56 bits per heavy atom. The highest BCUT2D eigenvalue weighted by Gasteiger charge is 2.19. The van der Waals surface area contributed by atoms with Crippen molar-refractivity contribution in [2.24, 2.45) is 0 Å². The zero-order valence-electron chi connectivity index (χ0n) is 9.87. The van der Waals surface area contributed by atoms with Crippen molar-refractivity contribution >= 4 is 0 Å². The number of hydrogen-bond donors (Lipinski definition) is 1. The van der Waals surface area contributed by atoms with Gasteiger partial charge in [-0.3, -0.25) is 0 Å². The third kappa shape index (κ3) is 3.06. The SMILES string of the molecule is CNCCCc1ncc(C2CCCOC2)o1. The fourth-order valence-electron chi connectivity index (χ4n) is 2.01. The summed E-state index contributed by atoms with van der Waals surface area (Å²) in [4.78, 5) is 4.31. The maximum Gasteiger partial charge on any atom is 0.194 e. The molecule has 1 aromatic rings. The van der Waals surface area contributed by atoms with Gasteiger partial charge in [-0.2, -0.15) is 0 Å². The van der Waals surface area contributed by atoms with Gasteiger partial charge in [-0.15, -0.1) is 0 Å². The molecular formula is C12H20N2O2. The summed E-state index contributed by atoms with van der Waals surface area (Å²) in [7, 11) is 1.96. The van der Waals surface area contributed by atoms with E-state index in [0.29, 0.717) is 5.92 Å². The van der Waals surface area contributed by atoms with Crippen LogP contribution in [-0.2, 0) is 11.2 Å². The molecule has 1 N–H and O–H groups in total. The van der Waals surface area contributed by atoms with E-state index in [-0.39, 0.29) is 0 Å². The quantitative estimate of drug-likeness (QED) is 0.774. The second-order valence-electron chi connectivity index (χ2n) is 4.28. The maximum absolute atomic E-state index is 5.75. The molecule has 4 heteroatoms. The first kappa shape index (κ1) is 11.6. The smallest absolute Gasteiger partial charge is 0.194 e. The Bertz CT molecular complexity index is 306. The summed E-state index contributed by atoms with van der Waals surface area (Å²) >= 11 is 0. The molecule has 1 atom stereocenters. The van der Waals surface area contributed by atoms with Crippen molar-refractivity contribution in [3.8, 4) is 0 Å². The Balaban J connectivity index is 1.85. The van der Waals surface area contributed by atoms with Crippen LogP contribution in [0.1, 0.15) is 36.8 Å². The topological polar surface area (TPSA) is 47.3 Å². The van der Waals surface area contributed by atoms with Crippen molar-refractivity contribution < 1.29 is 9.15 Å². The van der Waals surface area contributed by atoms with Crippen LogP contribution in [0.4, 0.5) is 0 Å². The van der Waals surface area contributed by atoms with Crippen molar-refractivity contribution in [2.45, 2.75) is 31.6 Å². The van der Waals surface area contributed by atoms with E-state index in [0.717, 1.165) is 57.1 Å². The number of aromatic nitrogens is 1. The fourth-order valence-corrected chi connectivity index (χ4v) is 2.01. The normalized spacial score (nSPS) is 21.2. The van der Waals surface area contributed by atoms with E-state index in [9.17, 15) is 0 Å². The molecule has 0 saturated carbocycles. The van der Waals surface area contributed by atoms with Crippen molar-refractivity contribution in [1.82, 2.24) is 10.3 Å². The zero-order chi connectivity index (χ0) is 11.2. The van der Waals surface area contributed by atoms with Gasteiger partial charge in [0.2, 0.25) is 0 Å². The summed E-state index contributed by atoms with van der Waals surface area (Å²) in [6.45, 7) is 2.68. The van der Waals surface area contributed by atoms with Gasteiger partial charge in [-0.05, 0) is 32.9 Å². The predicted octanol–water partition coefficient (Wildman–Crippen LogP) is 1.72. The van der Waals surface area contributed by atoms with E-state index in [1.165, 1.54) is 0 Å². The highest BCUT2D eigenvalue weighted by molar-refractivity contribution is 5.03. The van der Waals surface area contributed by atoms with Gasteiger partial charge in [0.25, 0.3) is 0 Å². The Hall–Kier alpha value is -0.870. The summed E-state index contributed by atoms with van der Waals surface area (Å²) in [5, 5.41) is 3.12. The molecule has 0 aliphatic carbocycles. The first-order valence-electron chi connectivity index (χ1n) is 6.07. The lowest BCUT2D eigenvalue weighted by molar-refractivity contribution is 0.0738. The highest BCUT2D eigenvalue weighted by atomic mass is 16.5. The minimum absolute atomic E-state index is 0.416. The number of nitrogens with one attached hydrogen (secondary N) is 1. The maximum atomic E-state index is 5.75.